The topological polar surface area (TPSA) is 78.4 Å². The van der Waals surface area contributed by atoms with Crippen LogP contribution in [0.2, 0.25) is 0 Å². The van der Waals surface area contributed by atoms with Gasteiger partial charge in [0, 0.05) is 9.26 Å². The number of aromatic carboxylic acids is 1. The SMILES string of the molecule is Cc1ccc(NC(=O)Nc2cccc(I)c2)c(C(=O)O)c1. The Balaban J connectivity index is 2.15. The number of carbonyl (C=O) groups is 2. The van der Waals surface area contributed by atoms with E-state index >= 15 is 0 Å². The number of hydrogen-bond acceptors (Lipinski definition) is 2. The Morgan fingerprint density at radius 3 is 2.52 bits per heavy atom. The van der Waals surface area contributed by atoms with Crippen LogP contribution in [0.3, 0.4) is 0 Å². The molecule has 0 heterocycles. The number of carboxylic acid groups (broad SMARTS) is 1. The van der Waals surface area contributed by atoms with Gasteiger partial charge in [-0.2, -0.15) is 0 Å². The summed E-state index contributed by atoms with van der Waals surface area (Å²) in [5.74, 6) is -1.08. The van der Waals surface area contributed by atoms with Crippen molar-refractivity contribution in [1.82, 2.24) is 0 Å². The lowest BCUT2D eigenvalue weighted by Crippen LogP contribution is -2.21. The Bertz CT molecular complexity index is 701. The average Bonchev–Trinajstić information content (AvgIpc) is 2.40. The quantitative estimate of drug-likeness (QED) is 0.688. The molecule has 2 aromatic carbocycles. The van der Waals surface area contributed by atoms with Crippen LogP contribution in [0.4, 0.5) is 16.2 Å². The molecule has 2 amide bonds. The molecule has 0 saturated carbocycles. The molecule has 0 fully saturated rings. The van der Waals surface area contributed by atoms with Crippen molar-refractivity contribution in [3.05, 3.63) is 57.2 Å². The maximum absolute atomic E-state index is 11.9. The molecule has 0 bridgehead atoms. The highest BCUT2D eigenvalue weighted by molar-refractivity contribution is 14.1. The Morgan fingerprint density at radius 1 is 1.10 bits per heavy atom. The third-order valence-corrected chi connectivity index (χ3v) is 3.41. The first-order valence-corrected chi connectivity index (χ1v) is 7.21. The number of aryl methyl sites for hydroxylation is 1. The molecule has 0 unspecified atom stereocenters. The van der Waals surface area contributed by atoms with Gasteiger partial charge >= 0.3 is 12.0 Å². The highest BCUT2D eigenvalue weighted by atomic mass is 127. The molecule has 108 valence electrons. The van der Waals surface area contributed by atoms with Gasteiger partial charge in [-0.3, -0.25) is 0 Å². The van der Waals surface area contributed by atoms with E-state index in [0.29, 0.717) is 5.69 Å². The fourth-order valence-corrected chi connectivity index (χ4v) is 2.34. The van der Waals surface area contributed by atoms with E-state index < -0.39 is 12.0 Å². The number of amides is 2. The second-order valence-electron chi connectivity index (χ2n) is 4.44. The molecule has 0 saturated heterocycles. The monoisotopic (exact) mass is 396 g/mol. The zero-order chi connectivity index (χ0) is 15.4. The summed E-state index contributed by atoms with van der Waals surface area (Å²) in [7, 11) is 0. The lowest BCUT2D eigenvalue weighted by Gasteiger charge is -2.10. The normalized spacial score (nSPS) is 10.0. The summed E-state index contributed by atoms with van der Waals surface area (Å²) in [5, 5.41) is 14.4. The first kappa shape index (κ1) is 15.3. The summed E-state index contributed by atoms with van der Waals surface area (Å²) in [6, 6.07) is 11.7. The molecule has 0 radical (unpaired) electrons. The third kappa shape index (κ3) is 4.19. The minimum absolute atomic E-state index is 0.0628. The lowest BCUT2D eigenvalue weighted by molar-refractivity contribution is 0.0698. The number of nitrogens with one attached hydrogen (secondary N) is 2. The van der Waals surface area contributed by atoms with E-state index in [1.54, 1.807) is 25.1 Å². The zero-order valence-electron chi connectivity index (χ0n) is 11.2. The minimum atomic E-state index is -1.08. The summed E-state index contributed by atoms with van der Waals surface area (Å²) >= 11 is 2.14. The van der Waals surface area contributed by atoms with Crippen LogP contribution in [0.1, 0.15) is 15.9 Å². The van der Waals surface area contributed by atoms with Gasteiger partial charge in [0.15, 0.2) is 0 Å². The molecule has 6 heteroatoms. The Hall–Kier alpha value is -2.09. The molecule has 0 aliphatic carbocycles. The van der Waals surface area contributed by atoms with Crippen molar-refractivity contribution in [3.63, 3.8) is 0 Å². The van der Waals surface area contributed by atoms with E-state index in [1.807, 2.05) is 18.2 Å². The van der Waals surface area contributed by atoms with Crippen LogP contribution in [0, 0.1) is 10.5 Å². The number of anilines is 2. The number of carboxylic acids is 1. The third-order valence-electron chi connectivity index (χ3n) is 2.74. The summed E-state index contributed by atoms with van der Waals surface area (Å²) in [4.78, 5) is 23.1. The van der Waals surface area contributed by atoms with Crippen LogP contribution in [-0.4, -0.2) is 17.1 Å². The van der Waals surface area contributed by atoms with Gasteiger partial charge in [-0.15, -0.1) is 0 Å². The average molecular weight is 396 g/mol. The molecule has 2 rings (SSSR count). The number of halogens is 1. The van der Waals surface area contributed by atoms with Crippen molar-refractivity contribution in [2.75, 3.05) is 10.6 Å². The standard InChI is InChI=1S/C15H13IN2O3/c1-9-5-6-13(12(7-9)14(19)20)18-15(21)17-11-4-2-3-10(16)8-11/h2-8H,1H3,(H,19,20)(H2,17,18,21). The Morgan fingerprint density at radius 2 is 1.86 bits per heavy atom. The van der Waals surface area contributed by atoms with Crippen molar-refractivity contribution in [2.24, 2.45) is 0 Å². The first-order chi connectivity index (χ1) is 9.95. The maximum atomic E-state index is 11.9. The van der Waals surface area contributed by atoms with Gasteiger partial charge in [0.05, 0.1) is 11.3 Å². The van der Waals surface area contributed by atoms with E-state index in [0.717, 1.165) is 9.13 Å². The lowest BCUT2D eigenvalue weighted by atomic mass is 10.1. The van der Waals surface area contributed by atoms with Gasteiger partial charge in [-0.1, -0.05) is 17.7 Å². The van der Waals surface area contributed by atoms with Crippen LogP contribution in [0.5, 0.6) is 0 Å². The van der Waals surface area contributed by atoms with Crippen molar-refractivity contribution < 1.29 is 14.7 Å². The summed E-state index contributed by atoms with van der Waals surface area (Å²) < 4.78 is 0.993. The van der Waals surface area contributed by atoms with E-state index in [4.69, 9.17) is 5.11 Å². The van der Waals surface area contributed by atoms with E-state index in [9.17, 15) is 9.59 Å². The summed E-state index contributed by atoms with van der Waals surface area (Å²) in [6.45, 7) is 1.79. The van der Waals surface area contributed by atoms with Crippen molar-refractivity contribution in [3.8, 4) is 0 Å². The highest BCUT2D eigenvalue weighted by Gasteiger charge is 2.12. The summed E-state index contributed by atoms with van der Waals surface area (Å²) in [5.41, 5.74) is 1.78. The van der Waals surface area contributed by atoms with Crippen LogP contribution in [0.25, 0.3) is 0 Å². The molecular weight excluding hydrogens is 383 g/mol. The molecule has 0 spiro atoms. The number of urea groups is 1. The predicted octanol–water partition coefficient (Wildman–Crippen LogP) is 3.94. The molecular formula is C15H13IN2O3. The van der Waals surface area contributed by atoms with E-state index in [-0.39, 0.29) is 11.3 Å². The van der Waals surface area contributed by atoms with Crippen molar-refractivity contribution in [1.29, 1.82) is 0 Å². The molecule has 0 atom stereocenters. The van der Waals surface area contributed by atoms with Gasteiger partial charge in [-0.25, -0.2) is 9.59 Å². The molecule has 2 aromatic rings. The second-order valence-corrected chi connectivity index (χ2v) is 5.69. The fraction of sp³-hybridized carbons (Fsp3) is 0.0667. The van der Waals surface area contributed by atoms with E-state index in [2.05, 4.69) is 33.2 Å². The van der Waals surface area contributed by atoms with Crippen LogP contribution < -0.4 is 10.6 Å². The zero-order valence-corrected chi connectivity index (χ0v) is 13.3. The molecule has 0 aliphatic rings. The second kappa shape index (κ2) is 6.57. The van der Waals surface area contributed by atoms with Gasteiger partial charge in [0.2, 0.25) is 0 Å². The van der Waals surface area contributed by atoms with Crippen LogP contribution in [0.15, 0.2) is 42.5 Å². The van der Waals surface area contributed by atoms with Crippen LogP contribution in [-0.2, 0) is 0 Å². The molecule has 21 heavy (non-hydrogen) atoms. The molecule has 0 aromatic heterocycles. The van der Waals surface area contributed by atoms with Gasteiger partial charge < -0.3 is 15.7 Å². The maximum Gasteiger partial charge on any atom is 0.337 e. The smallest absolute Gasteiger partial charge is 0.337 e. The summed E-state index contributed by atoms with van der Waals surface area (Å²) in [6.07, 6.45) is 0. The predicted molar refractivity (Wildman–Crippen MR) is 89.9 cm³/mol. The van der Waals surface area contributed by atoms with Gasteiger partial charge in [0.1, 0.15) is 0 Å². The number of rotatable bonds is 3. The molecule has 0 aliphatic heterocycles. The van der Waals surface area contributed by atoms with Crippen molar-refractivity contribution >= 4 is 46.0 Å². The van der Waals surface area contributed by atoms with Crippen LogP contribution >= 0.6 is 22.6 Å². The molecule has 3 N–H and O–H groups in total. The van der Waals surface area contributed by atoms with E-state index in [1.165, 1.54) is 6.07 Å². The Labute approximate surface area is 135 Å². The fourth-order valence-electron chi connectivity index (χ4n) is 1.79. The highest BCUT2D eigenvalue weighted by Crippen LogP contribution is 2.18. The molecule has 5 nitrogen and oxygen atoms in total. The van der Waals surface area contributed by atoms with Crippen molar-refractivity contribution in [2.45, 2.75) is 6.92 Å². The minimum Gasteiger partial charge on any atom is -0.478 e. The first-order valence-electron chi connectivity index (χ1n) is 6.13. The number of hydrogen-bond donors (Lipinski definition) is 3. The number of benzene rings is 2. The van der Waals surface area contributed by atoms with Gasteiger partial charge in [-0.05, 0) is 59.8 Å². The number of carbonyl (C=O) groups excluding carboxylic acids is 1. The Kier molecular flexibility index (Phi) is 4.79. The largest absolute Gasteiger partial charge is 0.478 e. The van der Waals surface area contributed by atoms with Gasteiger partial charge in [0.25, 0.3) is 0 Å².